The number of hydrogen-bond acceptors (Lipinski definition) is 3. The van der Waals surface area contributed by atoms with Crippen LogP contribution in [-0.4, -0.2) is 10.9 Å². The number of hydrogen-bond donors (Lipinski definition) is 1. The fourth-order valence-electron chi connectivity index (χ4n) is 1.92. The van der Waals surface area contributed by atoms with Gasteiger partial charge in [0.05, 0.1) is 22.3 Å². The Labute approximate surface area is 133 Å². The van der Waals surface area contributed by atoms with Gasteiger partial charge in [0.25, 0.3) is 5.91 Å². The van der Waals surface area contributed by atoms with E-state index in [-0.39, 0.29) is 11.7 Å². The van der Waals surface area contributed by atoms with Gasteiger partial charge in [0.1, 0.15) is 10.8 Å². The first-order chi connectivity index (χ1) is 10.1. The highest BCUT2D eigenvalue weighted by Crippen LogP contribution is 2.22. The first-order valence-corrected chi connectivity index (χ1v) is 7.82. The van der Waals surface area contributed by atoms with Crippen LogP contribution in [0.4, 0.5) is 4.39 Å². The number of benzene rings is 2. The molecular weight excluding hydrogens is 355 g/mol. The molecule has 0 aliphatic heterocycles. The Morgan fingerprint density at radius 3 is 2.86 bits per heavy atom. The number of thiazole rings is 1. The van der Waals surface area contributed by atoms with Crippen molar-refractivity contribution in [2.45, 2.75) is 6.54 Å². The number of amides is 1. The number of nitrogens with zero attached hydrogens (tertiary/aromatic N) is 1. The maximum Gasteiger partial charge on any atom is 0.252 e. The molecule has 1 aromatic heterocycles. The second-order valence-corrected chi connectivity index (χ2v) is 6.35. The van der Waals surface area contributed by atoms with E-state index in [1.54, 1.807) is 11.3 Å². The van der Waals surface area contributed by atoms with Crippen LogP contribution in [0.15, 0.2) is 46.9 Å². The molecule has 3 nitrogen and oxygen atoms in total. The monoisotopic (exact) mass is 364 g/mol. The highest BCUT2D eigenvalue weighted by atomic mass is 79.9. The van der Waals surface area contributed by atoms with Crippen molar-refractivity contribution in [1.82, 2.24) is 10.3 Å². The van der Waals surface area contributed by atoms with E-state index < -0.39 is 0 Å². The summed E-state index contributed by atoms with van der Waals surface area (Å²) < 4.78 is 14.5. The van der Waals surface area contributed by atoms with Crippen LogP contribution >= 0.6 is 27.3 Å². The third-order valence-electron chi connectivity index (χ3n) is 2.91. The SMILES string of the molecule is O=C(NCc1nc2ccccc2s1)c1ccc(F)cc1Br. The standard InChI is InChI=1S/C15H10BrFN2OS/c16-11-7-9(17)5-6-10(11)15(20)18-8-14-19-12-3-1-2-4-13(12)21-14/h1-7H,8H2,(H,18,20). The Morgan fingerprint density at radius 1 is 1.29 bits per heavy atom. The highest BCUT2D eigenvalue weighted by molar-refractivity contribution is 9.10. The van der Waals surface area contributed by atoms with Crippen molar-refractivity contribution in [2.24, 2.45) is 0 Å². The zero-order valence-electron chi connectivity index (χ0n) is 10.8. The average molecular weight is 365 g/mol. The fraction of sp³-hybridized carbons (Fsp3) is 0.0667. The van der Waals surface area contributed by atoms with Crippen molar-refractivity contribution in [1.29, 1.82) is 0 Å². The van der Waals surface area contributed by atoms with Crippen LogP contribution in [0, 0.1) is 5.82 Å². The topological polar surface area (TPSA) is 42.0 Å². The minimum absolute atomic E-state index is 0.263. The Morgan fingerprint density at radius 2 is 2.10 bits per heavy atom. The zero-order chi connectivity index (χ0) is 14.8. The van der Waals surface area contributed by atoms with Gasteiger partial charge in [-0.1, -0.05) is 12.1 Å². The van der Waals surface area contributed by atoms with E-state index in [0.29, 0.717) is 16.6 Å². The largest absolute Gasteiger partial charge is 0.345 e. The lowest BCUT2D eigenvalue weighted by atomic mass is 10.2. The molecule has 3 aromatic rings. The number of rotatable bonds is 3. The van der Waals surface area contributed by atoms with E-state index in [2.05, 4.69) is 26.2 Å². The number of fused-ring (bicyclic) bond motifs is 1. The van der Waals surface area contributed by atoms with E-state index in [9.17, 15) is 9.18 Å². The molecule has 2 aromatic carbocycles. The van der Waals surface area contributed by atoms with Gasteiger partial charge in [-0.15, -0.1) is 11.3 Å². The van der Waals surface area contributed by atoms with Gasteiger partial charge in [-0.25, -0.2) is 9.37 Å². The quantitative estimate of drug-likeness (QED) is 0.759. The molecule has 0 atom stereocenters. The highest BCUT2D eigenvalue weighted by Gasteiger charge is 2.11. The van der Waals surface area contributed by atoms with E-state index in [1.165, 1.54) is 18.2 Å². The predicted molar refractivity (Wildman–Crippen MR) is 84.9 cm³/mol. The van der Waals surface area contributed by atoms with E-state index >= 15 is 0 Å². The minimum Gasteiger partial charge on any atom is -0.345 e. The van der Waals surface area contributed by atoms with Crippen LogP contribution in [0.1, 0.15) is 15.4 Å². The molecule has 0 spiro atoms. The van der Waals surface area contributed by atoms with Gasteiger partial charge >= 0.3 is 0 Å². The lowest BCUT2D eigenvalue weighted by Gasteiger charge is -2.05. The Kier molecular flexibility index (Phi) is 3.98. The van der Waals surface area contributed by atoms with E-state index in [0.717, 1.165) is 15.2 Å². The number of aromatic nitrogens is 1. The summed E-state index contributed by atoms with van der Waals surface area (Å²) in [4.78, 5) is 16.5. The minimum atomic E-state index is -0.385. The molecule has 0 radical (unpaired) electrons. The lowest BCUT2D eigenvalue weighted by molar-refractivity contribution is 0.0950. The molecule has 1 heterocycles. The number of nitrogens with one attached hydrogen (secondary N) is 1. The summed E-state index contributed by atoms with van der Waals surface area (Å²) in [7, 11) is 0. The molecule has 0 saturated heterocycles. The maximum absolute atomic E-state index is 13.0. The molecule has 0 aliphatic rings. The summed E-state index contributed by atoms with van der Waals surface area (Å²) in [5.41, 5.74) is 1.33. The normalized spacial score (nSPS) is 10.8. The van der Waals surface area contributed by atoms with Crippen molar-refractivity contribution in [3.63, 3.8) is 0 Å². The van der Waals surface area contributed by atoms with Crippen molar-refractivity contribution in [3.8, 4) is 0 Å². The maximum atomic E-state index is 13.0. The summed E-state index contributed by atoms with van der Waals surface area (Å²) in [6.45, 7) is 0.349. The number of carbonyl (C=O) groups is 1. The third-order valence-corrected chi connectivity index (χ3v) is 4.61. The van der Waals surface area contributed by atoms with Crippen LogP contribution < -0.4 is 5.32 Å². The van der Waals surface area contributed by atoms with Crippen molar-refractivity contribution >= 4 is 43.4 Å². The van der Waals surface area contributed by atoms with Crippen LogP contribution in [0.3, 0.4) is 0 Å². The van der Waals surface area contributed by atoms with Crippen molar-refractivity contribution < 1.29 is 9.18 Å². The summed E-state index contributed by atoms with van der Waals surface area (Å²) >= 11 is 4.73. The second kappa shape index (κ2) is 5.91. The summed E-state index contributed by atoms with van der Waals surface area (Å²) in [6.07, 6.45) is 0. The third kappa shape index (κ3) is 3.11. The van der Waals surface area contributed by atoms with Gasteiger partial charge < -0.3 is 5.32 Å². The predicted octanol–water partition coefficient (Wildman–Crippen LogP) is 4.13. The number of para-hydroxylation sites is 1. The summed E-state index contributed by atoms with van der Waals surface area (Å²) in [5, 5.41) is 3.63. The molecular formula is C15H10BrFN2OS. The molecule has 21 heavy (non-hydrogen) atoms. The summed E-state index contributed by atoms with van der Waals surface area (Å²) in [6, 6.07) is 11.8. The number of carbonyl (C=O) groups excluding carboxylic acids is 1. The first kappa shape index (κ1) is 14.2. The smallest absolute Gasteiger partial charge is 0.252 e. The van der Waals surface area contributed by atoms with Gasteiger partial charge in [0, 0.05) is 4.47 Å². The van der Waals surface area contributed by atoms with Crippen LogP contribution in [0.25, 0.3) is 10.2 Å². The zero-order valence-corrected chi connectivity index (χ0v) is 13.2. The van der Waals surface area contributed by atoms with Crippen molar-refractivity contribution in [3.05, 3.63) is 63.3 Å². The Bertz CT molecular complexity index is 785. The van der Waals surface area contributed by atoms with Crippen LogP contribution in [0.2, 0.25) is 0 Å². The van der Waals surface area contributed by atoms with Crippen LogP contribution in [-0.2, 0) is 6.54 Å². The van der Waals surface area contributed by atoms with Gasteiger partial charge in [-0.05, 0) is 46.3 Å². The summed E-state index contributed by atoms with van der Waals surface area (Å²) in [5.74, 6) is -0.647. The first-order valence-electron chi connectivity index (χ1n) is 6.21. The molecule has 0 aliphatic carbocycles. The van der Waals surface area contributed by atoms with E-state index in [1.807, 2.05) is 24.3 Å². The Balaban J connectivity index is 1.73. The van der Waals surface area contributed by atoms with Crippen molar-refractivity contribution in [2.75, 3.05) is 0 Å². The molecule has 0 saturated carbocycles. The van der Waals surface area contributed by atoms with Gasteiger partial charge in [0.2, 0.25) is 0 Å². The fourth-order valence-corrected chi connectivity index (χ4v) is 3.36. The molecule has 1 N–H and O–H groups in total. The molecule has 3 rings (SSSR count). The lowest BCUT2D eigenvalue weighted by Crippen LogP contribution is -2.23. The second-order valence-electron chi connectivity index (χ2n) is 4.38. The molecule has 106 valence electrons. The molecule has 0 bridgehead atoms. The Hall–Kier alpha value is -1.79. The van der Waals surface area contributed by atoms with Crippen LogP contribution in [0.5, 0.6) is 0 Å². The molecule has 0 unspecified atom stereocenters. The van der Waals surface area contributed by atoms with Gasteiger partial charge in [-0.3, -0.25) is 4.79 Å². The molecule has 0 fully saturated rings. The molecule has 6 heteroatoms. The number of halogens is 2. The average Bonchev–Trinajstić information content (AvgIpc) is 2.87. The van der Waals surface area contributed by atoms with Gasteiger partial charge in [-0.2, -0.15) is 0 Å². The molecule has 1 amide bonds. The van der Waals surface area contributed by atoms with Gasteiger partial charge in [0.15, 0.2) is 0 Å². The van der Waals surface area contributed by atoms with E-state index in [4.69, 9.17) is 0 Å².